The van der Waals surface area contributed by atoms with Gasteiger partial charge in [-0.3, -0.25) is 4.79 Å². The van der Waals surface area contributed by atoms with E-state index in [0.29, 0.717) is 29.8 Å². The average molecular weight is 396 g/mol. The van der Waals surface area contributed by atoms with Crippen molar-refractivity contribution in [2.24, 2.45) is 0 Å². The minimum atomic E-state index is -0.303. The lowest BCUT2D eigenvalue weighted by molar-refractivity contribution is -0.146. The molecule has 0 saturated carbocycles. The number of nitrogens with one attached hydrogen (secondary N) is 1. The Labute approximate surface area is 164 Å². The van der Waals surface area contributed by atoms with Crippen molar-refractivity contribution in [1.82, 2.24) is 0 Å². The molecule has 2 rings (SSSR count). The standard InChI is InChI=1S/C20H23Cl2NO3/c1-3-25-19(12-20(24)26-4-2)15-6-8-16(9-7-15)23-13-14-5-10-17(21)18(22)11-14/h5-11,19,23H,3-4,12-13H2,1-2H3/t19-/m0/s1. The van der Waals surface area contributed by atoms with Crippen LogP contribution in [-0.2, 0) is 20.8 Å². The van der Waals surface area contributed by atoms with Crippen LogP contribution in [0.25, 0.3) is 0 Å². The minimum Gasteiger partial charge on any atom is -0.466 e. The Balaban J connectivity index is 1.98. The lowest BCUT2D eigenvalue weighted by Crippen LogP contribution is -2.13. The Bertz CT molecular complexity index is 719. The van der Waals surface area contributed by atoms with Crippen molar-refractivity contribution in [3.05, 3.63) is 63.6 Å². The van der Waals surface area contributed by atoms with E-state index in [1.165, 1.54) is 0 Å². The molecule has 140 valence electrons. The summed E-state index contributed by atoms with van der Waals surface area (Å²) >= 11 is 12.0. The maximum absolute atomic E-state index is 11.7. The van der Waals surface area contributed by atoms with Crippen molar-refractivity contribution in [2.45, 2.75) is 32.9 Å². The summed E-state index contributed by atoms with van der Waals surface area (Å²) in [6.07, 6.45) is -0.0965. The van der Waals surface area contributed by atoms with E-state index >= 15 is 0 Å². The molecule has 0 unspecified atom stereocenters. The summed E-state index contributed by atoms with van der Waals surface area (Å²) in [5, 5.41) is 4.42. The molecule has 0 radical (unpaired) electrons. The number of carbonyl (C=O) groups is 1. The van der Waals surface area contributed by atoms with E-state index in [2.05, 4.69) is 5.32 Å². The molecule has 2 aromatic rings. The van der Waals surface area contributed by atoms with Crippen molar-refractivity contribution >= 4 is 34.9 Å². The Kier molecular flexibility index (Phi) is 8.23. The topological polar surface area (TPSA) is 47.6 Å². The van der Waals surface area contributed by atoms with Crippen LogP contribution in [0.1, 0.15) is 37.5 Å². The second-order valence-corrected chi connectivity index (χ2v) is 6.49. The molecule has 1 atom stereocenters. The summed E-state index contributed by atoms with van der Waals surface area (Å²) in [5.41, 5.74) is 2.95. The first-order valence-electron chi connectivity index (χ1n) is 8.58. The molecule has 0 aliphatic carbocycles. The molecule has 1 N–H and O–H groups in total. The molecule has 0 heterocycles. The molecule has 0 bridgehead atoms. The zero-order chi connectivity index (χ0) is 18.9. The number of halogens is 2. The maximum Gasteiger partial charge on any atom is 0.308 e. The van der Waals surface area contributed by atoms with Crippen LogP contribution in [-0.4, -0.2) is 19.2 Å². The average Bonchev–Trinajstić information content (AvgIpc) is 2.63. The largest absolute Gasteiger partial charge is 0.466 e. The predicted octanol–water partition coefficient (Wildman–Crippen LogP) is 5.64. The van der Waals surface area contributed by atoms with Crippen LogP contribution in [0, 0.1) is 0 Å². The number of anilines is 1. The van der Waals surface area contributed by atoms with E-state index in [1.807, 2.05) is 43.3 Å². The zero-order valence-electron chi connectivity index (χ0n) is 14.9. The SMILES string of the molecule is CCOC(=O)C[C@H](OCC)c1ccc(NCc2ccc(Cl)c(Cl)c2)cc1. The van der Waals surface area contributed by atoms with Crippen molar-refractivity contribution < 1.29 is 14.3 Å². The number of hydrogen-bond acceptors (Lipinski definition) is 4. The van der Waals surface area contributed by atoms with Crippen LogP contribution in [0.3, 0.4) is 0 Å². The van der Waals surface area contributed by atoms with Gasteiger partial charge in [-0.1, -0.05) is 41.4 Å². The van der Waals surface area contributed by atoms with E-state index in [1.54, 1.807) is 13.0 Å². The lowest BCUT2D eigenvalue weighted by Gasteiger charge is -2.17. The number of rotatable bonds is 9. The van der Waals surface area contributed by atoms with Crippen molar-refractivity contribution in [2.75, 3.05) is 18.5 Å². The highest BCUT2D eigenvalue weighted by Crippen LogP contribution is 2.25. The summed E-state index contributed by atoms with van der Waals surface area (Å²) in [4.78, 5) is 11.7. The van der Waals surface area contributed by atoms with Crippen LogP contribution >= 0.6 is 23.2 Å². The molecule has 4 nitrogen and oxygen atoms in total. The summed E-state index contributed by atoms with van der Waals surface area (Å²) in [6.45, 7) is 5.23. The van der Waals surface area contributed by atoms with Crippen LogP contribution in [0.2, 0.25) is 10.0 Å². The molecule has 0 saturated heterocycles. The number of hydrogen-bond donors (Lipinski definition) is 1. The molecule has 6 heteroatoms. The van der Waals surface area contributed by atoms with Gasteiger partial charge in [0.2, 0.25) is 0 Å². The second-order valence-electron chi connectivity index (χ2n) is 5.68. The normalized spacial score (nSPS) is 11.8. The Morgan fingerprint density at radius 2 is 1.77 bits per heavy atom. The Morgan fingerprint density at radius 1 is 1.04 bits per heavy atom. The fourth-order valence-corrected chi connectivity index (χ4v) is 2.84. The monoisotopic (exact) mass is 395 g/mol. The molecule has 26 heavy (non-hydrogen) atoms. The minimum absolute atomic E-state index is 0.206. The molecule has 0 aliphatic rings. The van der Waals surface area contributed by atoms with E-state index in [4.69, 9.17) is 32.7 Å². The quantitative estimate of drug-likeness (QED) is 0.558. The molecule has 2 aromatic carbocycles. The molecular formula is C20H23Cl2NO3. The van der Waals surface area contributed by atoms with E-state index in [0.717, 1.165) is 16.8 Å². The van der Waals surface area contributed by atoms with Crippen molar-refractivity contribution in [3.63, 3.8) is 0 Å². The van der Waals surface area contributed by atoms with E-state index in [-0.39, 0.29) is 18.5 Å². The summed E-state index contributed by atoms with van der Waals surface area (Å²) < 4.78 is 10.7. The third-order valence-corrected chi connectivity index (χ3v) is 4.53. The molecular weight excluding hydrogens is 373 g/mol. The fourth-order valence-electron chi connectivity index (χ4n) is 2.51. The summed E-state index contributed by atoms with van der Waals surface area (Å²) in [5.74, 6) is -0.257. The highest BCUT2D eigenvalue weighted by atomic mass is 35.5. The van der Waals surface area contributed by atoms with Gasteiger partial charge in [0.15, 0.2) is 0 Å². The second kappa shape index (κ2) is 10.4. The van der Waals surface area contributed by atoms with Crippen LogP contribution < -0.4 is 5.32 Å². The van der Waals surface area contributed by atoms with Gasteiger partial charge < -0.3 is 14.8 Å². The van der Waals surface area contributed by atoms with Crippen LogP contribution in [0.5, 0.6) is 0 Å². The lowest BCUT2D eigenvalue weighted by atomic mass is 10.1. The number of esters is 1. The van der Waals surface area contributed by atoms with E-state index in [9.17, 15) is 4.79 Å². The third kappa shape index (κ3) is 6.20. The van der Waals surface area contributed by atoms with E-state index < -0.39 is 0 Å². The number of benzene rings is 2. The number of carbonyl (C=O) groups excluding carboxylic acids is 1. The van der Waals surface area contributed by atoms with Gasteiger partial charge in [-0.25, -0.2) is 0 Å². The van der Waals surface area contributed by atoms with Crippen LogP contribution in [0.4, 0.5) is 5.69 Å². The molecule has 0 amide bonds. The summed E-state index contributed by atoms with van der Waals surface area (Å²) in [6, 6.07) is 13.4. The van der Waals surface area contributed by atoms with Gasteiger partial charge in [-0.2, -0.15) is 0 Å². The first-order valence-corrected chi connectivity index (χ1v) is 9.34. The first-order chi connectivity index (χ1) is 12.5. The number of ether oxygens (including phenoxy) is 2. The highest BCUT2D eigenvalue weighted by molar-refractivity contribution is 6.42. The maximum atomic E-state index is 11.7. The first kappa shape index (κ1) is 20.6. The van der Waals surface area contributed by atoms with Crippen molar-refractivity contribution in [3.8, 4) is 0 Å². The van der Waals surface area contributed by atoms with Gasteiger partial charge in [-0.15, -0.1) is 0 Å². The van der Waals surface area contributed by atoms with Crippen LogP contribution in [0.15, 0.2) is 42.5 Å². The van der Waals surface area contributed by atoms with Gasteiger partial charge in [0, 0.05) is 18.8 Å². The molecule has 0 aromatic heterocycles. The molecule has 0 fully saturated rings. The molecule has 0 aliphatic heterocycles. The van der Waals surface area contributed by atoms with Gasteiger partial charge in [0.05, 0.1) is 29.2 Å². The van der Waals surface area contributed by atoms with Gasteiger partial charge in [-0.05, 0) is 49.2 Å². The Hall–Kier alpha value is -1.75. The zero-order valence-corrected chi connectivity index (χ0v) is 16.4. The van der Waals surface area contributed by atoms with Gasteiger partial charge in [0.25, 0.3) is 0 Å². The fraction of sp³-hybridized carbons (Fsp3) is 0.350. The highest BCUT2D eigenvalue weighted by Gasteiger charge is 2.17. The smallest absolute Gasteiger partial charge is 0.308 e. The summed E-state index contributed by atoms with van der Waals surface area (Å²) in [7, 11) is 0. The Morgan fingerprint density at radius 3 is 2.38 bits per heavy atom. The van der Waals surface area contributed by atoms with Gasteiger partial charge in [0.1, 0.15) is 0 Å². The predicted molar refractivity (Wildman–Crippen MR) is 106 cm³/mol. The van der Waals surface area contributed by atoms with Crippen molar-refractivity contribution in [1.29, 1.82) is 0 Å². The van der Waals surface area contributed by atoms with Gasteiger partial charge >= 0.3 is 5.97 Å². The molecule has 0 spiro atoms. The third-order valence-electron chi connectivity index (χ3n) is 3.79.